The molecule has 154 valence electrons. The van der Waals surface area contributed by atoms with E-state index in [0.717, 1.165) is 22.9 Å². The van der Waals surface area contributed by atoms with E-state index in [1.165, 1.54) is 18.6 Å². The molecule has 29 heavy (non-hydrogen) atoms. The van der Waals surface area contributed by atoms with Gasteiger partial charge in [0.05, 0.1) is 24.5 Å². The molecular formula is C18H18F4N6O. The molecule has 0 saturated heterocycles. The van der Waals surface area contributed by atoms with Crippen LogP contribution >= 0.6 is 0 Å². The molecule has 0 radical (unpaired) electrons. The topological polar surface area (TPSA) is 87.9 Å². The minimum absolute atomic E-state index is 0.0479. The van der Waals surface area contributed by atoms with Crippen molar-refractivity contribution in [1.82, 2.24) is 19.7 Å². The van der Waals surface area contributed by atoms with Gasteiger partial charge in [-0.05, 0) is 25.1 Å². The lowest BCUT2D eigenvalue weighted by Crippen LogP contribution is -2.18. The first-order valence-corrected chi connectivity index (χ1v) is 8.59. The minimum Gasteiger partial charge on any atom is -0.394 e. The Kier molecular flexibility index (Phi) is 6.27. The van der Waals surface area contributed by atoms with Crippen LogP contribution in [0.25, 0.3) is 0 Å². The van der Waals surface area contributed by atoms with Crippen LogP contribution in [-0.2, 0) is 6.54 Å². The summed E-state index contributed by atoms with van der Waals surface area (Å²) in [5.74, 6) is -0.894. The van der Waals surface area contributed by atoms with Gasteiger partial charge in [-0.3, -0.25) is 4.68 Å². The van der Waals surface area contributed by atoms with E-state index in [9.17, 15) is 22.7 Å². The summed E-state index contributed by atoms with van der Waals surface area (Å²) in [5, 5.41) is 19.1. The number of rotatable bonds is 8. The highest BCUT2D eigenvalue weighted by atomic mass is 19.3. The molecule has 0 fully saturated rings. The van der Waals surface area contributed by atoms with Gasteiger partial charge in [0.1, 0.15) is 24.0 Å². The molecule has 0 spiro atoms. The molecule has 2 aromatic heterocycles. The molecule has 11 heteroatoms. The van der Waals surface area contributed by atoms with Crippen molar-refractivity contribution >= 4 is 17.5 Å². The zero-order valence-electron chi connectivity index (χ0n) is 15.3. The van der Waals surface area contributed by atoms with Crippen molar-refractivity contribution in [3.8, 4) is 0 Å². The fourth-order valence-electron chi connectivity index (χ4n) is 2.62. The van der Waals surface area contributed by atoms with Crippen LogP contribution in [0.3, 0.4) is 0 Å². The monoisotopic (exact) mass is 410 g/mol. The van der Waals surface area contributed by atoms with Gasteiger partial charge < -0.3 is 15.7 Å². The van der Waals surface area contributed by atoms with Gasteiger partial charge in [-0.1, -0.05) is 0 Å². The fraction of sp³-hybridized carbons (Fsp3) is 0.278. The zero-order chi connectivity index (χ0) is 21.0. The molecule has 0 aliphatic rings. The van der Waals surface area contributed by atoms with Gasteiger partial charge in [-0.15, -0.1) is 0 Å². The van der Waals surface area contributed by atoms with Crippen LogP contribution in [0.2, 0.25) is 0 Å². The maximum Gasteiger partial charge on any atom is 0.257 e. The normalized spacial score (nSPS) is 12.2. The number of aromatic nitrogens is 4. The molecule has 0 saturated carbocycles. The number of anilines is 3. The van der Waals surface area contributed by atoms with E-state index in [1.807, 2.05) is 0 Å². The van der Waals surface area contributed by atoms with Crippen LogP contribution in [0.15, 0.2) is 36.8 Å². The first kappa shape index (κ1) is 20.5. The van der Waals surface area contributed by atoms with E-state index >= 15 is 0 Å². The number of hydrogen-bond donors (Lipinski definition) is 3. The summed E-state index contributed by atoms with van der Waals surface area (Å²) < 4.78 is 53.4. The summed E-state index contributed by atoms with van der Waals surface area (Å²) in [7, 11) is 0. The van der Waals surface area contributed by atoms with E-state index in [0.29, 0.717) is 11.3 Å². The van der Waals surface area contributed by atoms with Crippen molar-refractivity contribution in [2.24, 2.45) is 0 Å². The lowest BCUT2D eigenvalue weighted by molar-refractivity contribution is 0.122. The number of benzene rings is 1. The molecule has 3 N–H and O–H groups in total. The van der Waals surface area contributed by atoms with Gasteiger partial charge >= 0.3 is 0 Å². The SMILES string of the molecule is Cc1cnc(Nc2cnn(CC(F)F)c2)nc1N[C@H](CO)c1cc(F)ccc1F. The molecule has 1 atom stereocenters. The second-order valence-electron chi connectivity index (χ2n) is 6.24. The number of nitrogens with zero attached hydrogens (tertiary/aromatic N) is 4. The smallest absolute Gasteiger partial charge is 0.257 e. The van der Waals surface area contributed by atoms with Crippen molar-refractivity contribution in [2.75, 3.05) is 17.2 Å². The molecule has 0 aliphatic carbocycles. The van der Waals surface area contributed by atoms with Crippen molar-refractivity contribution in [1.29, 1.82) is 0 Å². The Labute approximate surface area is 163 Å². The van der Waals surface area contributed by atoms with Crippen LogP contribution < -0.4 is 10.6 Å². The van der Waals surface area contributed by atoms with E-state index < -0.39 is 37.3 Å². The van der Waals surface area contributed by atoms with E-state index in [4.69, 9.17) is 0 Å². The predicted molar refractivity (Wildman–Crippen MR) is 98.1 cm³/mol. The largest absolute Gasteiger partial charge is 0.394 e. The fourth-order valence-corrected chi connectivity index (χ4v) is 2.62. The van der Waals surface area contributed by atoms with Gasteiger partial charge in [-0.25, -0.2) is 22.5 Å². The van der Waals surface area contributed by atoms with Crippen LogP contribution in [0.1, 0.15) is 17.2 Å². The summed E-state index contributed by atoms with van der Waals surface area (Å²) >= 11 is 0. The molecular weight excluding hydrogens is 392 g/mol. The summed E-state index contributed by atoms with van der Waals surface area (Å²) in [6.07, 6.45) is 1.67. The maximum atomic E-state index is 14.0. The number of aryl methyl sites for hydroxylation is 1. The standard InChI is InChI=1S/C18H18F4N6O/c1-10-5-23-18(25-12-6-24-28(7-12)8-16(21)22)27-17(10)26-15(9-29)13-4-11(19)2-3-14(13)20/h2-7,15-16,29H,8-9H2,1H3,(H2,23,25,26,27)/t15-/m1/s1. The Bertz CT molecular complexity index is 981. The molecule has 0 bridgehead atoms. The molecule has 7 nitrogen and oxygen atoms in total. The van der Waals surface area contributed by atoms with Crippen LogP contribution in [0.5, 0.6) is 0 Å². The van der Waals surface area contributed by atoms with Crippen LogP contribution in [-0.4, -0.2) is 37.9 Å². The molecule has 1 aromatic carbocycles. The van der Waals surface area contributed by atoms with Crippen LogP contribution in [0, 0.1) is 18.6 Å². The number of nitrogens with one attached hydrogen (secondary N) is 2. The zero-order valence-corrected chi connectivity index (χ0v) is 15.3. The number of aliphatic hydroxyl groups excluding tert-OH is 1. The van der Waals surface area contributed by atoms with Crippen molar-refractivity contribution < 1.29 is 22.7 Å². The first-order valence-electron chi connectivity index (χ1n) is 8.59. The van der Waals surface area contributed by atoms with Gasteiger partial charge in [0, 0.05) is 23.5 Å². The summed E-state index contributed by atoms with van der Waals surface area (Å²) in [6.45, 7) is 0.650. The quantitative estimate of drug-likeness (QED) is 0.494. The van der Waals surface area contributed by atoms with Crippen molar-refractivity contribution in [3.63, 3.8) is 0 Å². The molecule has 0 unspecified atom stereocenters. The highest BCUT2D eigenvalue weighted by Gasteiger charge is 2.18. The highest BCUT2D eigenvalue weighted by Crippen LogP contribution is 2.24. The Hall–Kier alpha value is -3.21. The van der Waals surface area contributed by atoms with E-state index in [1.54, 1.807) is 6.92 Å². The molecule has 0 aliphatic heterocycles. The van der Waals surface area contributed by atoms with Gasteiger partial charge in [-0.2, -0.15) is 10.1 Å². The van der Waals surface area contributed by atoms with Gasteiger partial charge in [0.2, 0.25) is 5.95 Å². The second-order valence-corrected chi connectivity index (χ2v) is 6.24. The summed E-state index contributed by atoms with van der Waals surface area (Å²) in [4.78, 5) is 8.36. The maximum absolute atomic E-state index is 14.0. The van der Waals surface area contributed by atoms with Gasteiger partial charge in [0.15, 0.2) is 0 Å². The minimum atomic E-state index is -2.53. The van der Waals surface area contributed by atoms with E-state index in [2.05, 4.69) is 25.7 Å². The Balaban J connectivity index is 1.79. The second kappa shape index (κ2) is 8.86. The average molecular weight is 410 g/mol. The Morgan fingerprint density at radius 3 is 2.72 bits per heavy atom. The Morgan fingerprint density at radius 2 is 2.00 bits per heavy atom. The van der Waals surface area contributed by atoms with Crippen molar-refractivity contribution in [2.45, 2.75) is 25.9 Å². The van der Waals surface area contributed by atoms with Crippen LogP contribution in [0.4, 0.5) is 35.0 Å². The third kappa shape index (κ3) is 5.19. The number of alkyl halides is 2. The summed E-state index contributed by atoms with van der Waals surface area (Å²) in [5.41, 5.74) is 0.947. The average Bonchev–Trinajstić information content (AvgIpc) is 3.10. The molecule has 3 rings (SSSR count). The van der Waals surface area contributed by atoms with Gasteiger partial charge in [0.25, 0.3) is 6.43 Å². The number of aliphatic hydroxyl groups is 1. The first-order chi connectivity index (χ1) is 13.9. The molecule has 0 amide bonds. The number of hydrogen-bond acceptors (Lipinski definition) is 6. The molecule has 3 aromatic rings. The lowest BCUT2D eigenvalue weighted by Gasteiger charge is -2.19. The lowest BCUT2D eigenvalue weighted by atomic mass is 10.1. The number of halogens is 4. The highest BCUT2D eigenvalue weighted by molar-refractivity contribution is 5.55. The third-order valence-corrected chi connectivity index (χ3v) is 4.01. The Morgan fingerprint density at radius 1 is 1.21 bits per heavy atom. The third-order valence-electron chi connectivity index (χ3n) is 4.01. The van der Waals surface area contributed by atoms with Crippen molar-refractivity contribution in [3.05, 3.63) is 59.6 Å². The summed E-state index contributed by atoms with van der Waals surface area (Å²) in [6, 6.07) is 2.02. The van der Waals surface area contributed by atoms with E-state index in [-0.39, 0.29) is 17.3 Å². The predicted octanol–water partition coefficient (Wildman–Crippen LogP) is 3.41. The molecule has 2 heterocycles.